The molecule has 2 aliphatic rings. The van der Waals surface area contributed by atoms with Crippen molar-refractivity contribution in [2.75, 3.05) is 6.54 Å². The molecule has 1 heteroatoms. The van der Waals surface area contributed by atoms with Gasteiger partial charge in [0, 0.05) is 6.04 Å². The fourth-order valence-corrected chi connectivity index (χ4v) is 3.23. The highest BCUT2D eigenvalue weighted by atomic mass is 14.9. The van der Waals surface area contributed by atoms with E-state index in [0.29, 0.717) is 5.41 Å². The minimum atomic E-state index is 0.554. The summed E-state index contributed by atoms with van der Waals surface area (Å²) in [6.45, 7) is 6.13. The highest BCUT2D eigenvalue weighted by molar-refractivity contribution is 4.90. The molecule has 2 rings (SSSR count). The Morgan fingerprint density at radius 3 is 2.36 bits per heavy atom. The quantitative estimate of drug-likeness (QED) is 0.728. The normalized spacial score (nSPS) is 32.6. The maximum Gasteiger partial charge on any atom is 0.0118 e. The molecule has 0 aromatic carbocycles. The Bertz CT molecular complexity index is 180. The zero-order valence-corrected chi connectivity index (χ0v) is 9.81. The molecule has 0 radical (unpaired) electrons. The molecule has 0 heterocycles. The molecule has 0 saturated heterocycles. The molecule has 2 saturated carbocycles. The summed E-state index contributed by atoms with van der Waals surface area (Å²) in [5.41, 5.74) is 0.554. The third kappa shape index (κ3) is 2.31. The Labute approximate surface area is 88.7 Å². The molecular weight excluding hydrogens is 170 g/mol. The summed E-state index contributed by atoms with van der Waals surface area (Å²) in [4.78, 5) is 0. The van der Waals surface area contributed by atoms with Gasteiger partial charge in [0.25, 0.3) is 0 Å². The van der Waals surface area contributed by atoms with Crippen molar-refractivity contribution in [2.24, 2.45) is 11.3 Å². The van der Waals surface area contributed by atoms with Crippen molar-refractivity contribution in [3.8, 4) is 0 Å². The first-order valence-corrected chi connectivity index (χ1v) is 6.42. The average Bonchev–Trinajstić information content (AvgIpc) is 2.71. The molecule has 0 aromatic rings. The molecule has 1 N–H and O–H groups in total. The Hall–Kier alpha value is -0.0400. The molecule has 82 valence electrons. The van der Waals surface area contributed by atoms with Gasteiger partial charge in [-0.2, -0.15) is 0 Å². The van der Waals surface area contributed by atoms with Crippen LogP contribution in [0.2, 0.25) is 0 Å². The van der Waals surface area contributed by atoms with Crippen LogP contribution in [0.4, 0.5) is 0 Å². The van der Waals surface area contributed by atoms with Crippen molar-refractivity contribution in [1.82, 2.24) is 5.32 Å². The summed E-state index contributed by atoms with van der Waals surface area (Å²) in [6, 6.07) is 0.795. The second-order valence-corrected chi connectivity index (χ2v) is 5.99. The van der Waals surface area contributed by atoms with E-state index < -0.39 is 0 Å². The molecule has 1 atom stereocenters. The fourth-order valence-electron chi connectivity index (χ4n) is 3.23. The van der Waals surface area contributed by atoms with E-state index in [4.69, 9.17) is 0 Å². The monoisotopic (exact) mass is 195 g/mol. The average molecular weight is 195 g/mol. The van der Waals surface area contributed by atoms with E-state index in [-0.39, 0.29) is 0 Å². The van der Waals surface area contributed by atoms with Crippen LogP contribution in [0.5, 0.6) is 0 Å². The van der Waals surface area contributed by atoms with Crippen LogP contribution in [0.3, 0.4) is 0 Å². The predicted molar refractivity (Wildman–Crippen MR) is 61.4 cm³/mol. The highest BCUT2D eigenvalue weighted by Gasteiger charge is 2.34. The number of hydrogen-bond acceptors (Lipinski definition) is 1. The molecule has 0 spiro atoms. The smallest absolute Gasteiger partial charge is 0.0118 e. The van der Waals surface area contributed by atoms with Crippen LogP contribution in [-0.2, 0) is 0 Å². The molecular formula is C13H25N. The van der Waals surface area contributed by atoms with Crippen molar-refractivity contribution in [3.05, 3.63) is 0 Å². The molecule has 1 unspecified atom stereocenters. The summed E-state index contributed by atoms with van der Waals surface area (Å²) in [5.74, 6) is 0.992. The van der Waals surface area contributed by atoms with E-state index in [2.05, 4.69) is 19.2 Å². The number of hydrogen-bond donors (Lipinski definition) is 1. The summed E-state index contributed by atoms with van der Waals surface area (Å²) < 4.78 is 0. The van der Waals surface area contributed by atoms with Crippen LogP contribution >= 0.6 is 0 Å². The summed E-state index contributed by atoms with van der Waals surface area (Å²) >= 11 is 0. The lowest BCUT2D eigenvalue weighted by Gasteiger charge is -2.29. The van der Waals surface area contributed by atoms with Crippen LogP contribution in [0, 0.1) is 11.3 Å². The molecule has 2 aliphatic carbocycles. The summed E-state index contributed by atoms with van der Waals surface area (Å²) in [5, 5.41) is 3.81. The van der Waals surface area contributed by atoms with Crippen LogP contribution in [0.25, 0.3) is 0 Å². The van der Waals surface area contributed by atoms with E-state index in [0.717, 1.165) is 12.0 Å². The minimum absolute atomic E-state index is 0.554. The van der Waals surface area contributed by atoms with Gasteiger partial charge in [-0.15, -0.1) is 0 Å². The SMILES string of the molecule is CC1(C)CCCC1NCC1CCCC1. The Morgan fingerprint density at radius 2 is 1.79 bits per heavy atom. The van der Waals surface area contributed by atoms with Gasteiger partial charge in [-0.1, -0.05) is 33.1 Å². The third-order valence-electron chi connectivity index (χ3n) is 4.38. The van der Waals surface area contributed by atoms with Crippen LogP contribution in [-0.4, -0.2) is 12.6 Å². The van der Waals surface area contributed by atoms with Crippen LogP contribution in [0.1, 0.15) is 58.8 Å². The first kappa shape index (κ1) is 10.5. The van der Waals surface area contributed by atoms with Crippen molar-refractivity contribution in [2.45, 2.75) is 64.8 Å². The van der Waals surface area contributed by atoms with Gasteiger partial charge in [-0.3, -0.25) is 0 Å². The third-order valence-corrected chi connectivity index (χ3v) is 4.38. The Balaban J connectivity index is 1.74. The fraction of sp³-hybridized carbons (Fsp3) is 1.00. The van der Waals surface area contributed by atoms with Gasteiger partial charge < -0.3 is 5.32 Å². The van der Waals surface area contributed by atoms with Crippen molar-refractivity contribution < 1.29 is 0 Å². The van der Waals surface area contributed by atoms with Gasteiger partial charge in [0.1, 0.15) is 0 Å². The lowest BCUT2D eigenvalue weighted by atomic mass is 9.87. The van der Waals surface area contributed by atoms with Crippen LogP contribution < -0.4 is 5.32 Å². The summed E-state index contributed by atoms with van der Waals surface area (Å²) in [7, 11) is 0. The van der Waals surface area contributed by atoms with Gasteiger partial charge in [0.2, 0.25) is 0 Å². The molecule has 14 heavy (non-hydrogen) atoms. The number of nitrogens with one attached hydrogen (secondary N) is 1. The minimum Gasteiger partial charge on any atom is -0.313 e. The van der Waals surface area contributed by atoms with E-state index >= 15 is 0 Å². The molecule has 1 nitrogen and oxygen atoms in total. The van der Waals surface area contributed by atoms with Crippen LogP contribution in [0.15, 0.2) is 0 Å². The zero-order chi connectivity index (χ0) is 10.0. The van der Waals surface area contributed by atoms with E-state index in [1.54, 1.807) is 0 Å². The molecule has 0 aliphatic heterocycles. The largest absolute Gasteiger partial charge is 0.313 e. The van der Waals surface area contributed by atoms with Gasteiger partial charge in [-0.25, -0.2) is 0 Å². The van der Waals surface area contributed by atoms with Crippen molar-refractivity contribution in [1.29, 1.82) is 0 Å². The number of rotatable bonds is 3. The van der Waals surface area contributed by atoms with Gasteiger partial charge in [0.15, 0.2) is 0 Å². The Kier molecular flexibility index (Phi) is 3.16. The summed E-state index contributed by atoms with van der Waals surface area (Å²) in [6.07, 6.45) is 10.1. The second kappa shape index (κ2) is 4.22. The lowest BCUT2D eigenvalue weighted by molar-refractivity contribution is 0.271. The molecule has 0 bridgehead atoms. The maximum atomic E-state index is 3.81. The molecule has 2 fully saturated rings. The zero-order valence-electron chi connectivity index (χ0n) is 9.81. The van der Waals surface area contributed by atoms with Gasteiger partial charge in [0.05, 0.1) is 0 Å². The Morgan fingerprint density at radius 1 is 1.07 bits per heavy atom. The molecule has 0 aromatic heterocycles. The standard InChI is InChI=1S/C13H25N/c1-13(2)9-5-8-12(13)14-10-11-6-3-4-7-11/h11-12,14H,3-10H2,1-2H3. The lowest BCUT2D eigenvalue weighted by Crippen LogP contribution is -2.39. The van der Waals surface area contributed by atoms with Crippen molar-refractivity contribution in [3.63, 3.8) is 0 Å². The second-order valence-electron chi connectivity index (χ2n) is 5.99. The predicted octanol–water partition coefficient (Wildman–Crippen LogP) is 3.34. The molecule has 0 amide bonds. The maximum absolute atomic E-state index is 3.81. The van der Waals surface area contributed by atoms with Gasteiger partial charge >= 0.3 is 0 Å². The highest BCUT2D eigenvalue weighted by Crippen LogP contribution is 2.37. The van der Waals surface area contributed by atoms with E-state index in [9.17, 15) is 0 Å². The van der Waals surface area contributed by atoms with E-state index in [1.165, 1.54) is 51.5 Å². The van der Waals surface area contributed by atoms with E-state index in [1.807, 2.05) is 0 Å². The van der Waals surface area contributed by atoms with Crippen molar-refractivity contribution >= 4 is 0 Å². The van der Waals surface area contributed by atoms with Gasteiger partial charge in [-0.05, 0) is 43.6 Å². The topological polar surface area (TPSA) is 12.0 Å². The first-order valence-electron chi connectivity index (χ1n) is 6.42. The first-order chi connectivity index (χ1) is 6.68.